The van der Waals surface area contributed by atoms with Gasteiger partial charge in [-0.2, -0.15) is 0 Å². The lowest BCUT2D eigenvalue weighted by atomic mass is 10.1. The molecule has 0 aromatic heterocycles. The summed E-state index contributed by atoms with van der Waals surface area (Å²) < 4.78 is 16.0. The Hall–Kier alpha value is -0.940. The van der Waals surface area contributed by atoms with Gasteiger partial charge in [0.15, 0.2) is 5.96 Å². The van der Waals surface area contributed by atoms with E-state index in [2.05, 4.69) is 53.8 Å². The van der Waals surface area contributed by atoms with Crippen LogP contribution < -0.4 is 10.6 Å². The molecule has 0 radical (unpaired) electrons. The zero-order valence-corrected chi connectivity index (χ0v) is 21.4. The zero-order chi connectivity index (χ0) is 21.2. The highest BCUT2D eigenvalue weighted by molar-refractivity contribution is 14.0. The van der Waals surface area contributed by atoms with Crippen molar-refractivity contribution < 1.29 is 14.2 Å². The van der Waals surface area contributed by atoms with Crippen LogP contribution in [0.15, 0.2) is 29.3 Å². The largest absolute Gasteiger partial charge is 0.385 e. The molecule has 0 saturated heterocycles. The van der Waals surface area contributed by atoms with Gasteiger partial charge in [0.1, 0.15) is 0 Å². The zero-order valence-electron chi connectivity index (χ0n) is 19.1. The van der Waals surface area contributed by atoms with E-state index in [4.69, 9.17) is 19.2 Å². The van der Waals surface area contributed by atoms with Crippen molar-refractivity contribution in [3.8, 4) is 0 Å². The number of nitrogens with one attached hydrogen (secondary N) is 2. The van der Waals surface area contributed by atoms with Gasteiger partial charge in [0.05, 0.1) is 26.4 Å². The first kappa shape index (κ1) is 29.1. The van der Waals surface area contributed by atoms with Crippen LogP contribution in [0, 0.1) is 0 Å². The van der Waals surface area contributed by atoms with Crippen molar-refractivity contribution in [1.82, 2.24) is 15.5 Å². The maximum Gasteiger partial charge on any atom is 0.191 e. The summed E-state index contributed by atoms with van der Waals surface area (Å²) in [6, 6.07) is 8.38. The van der Waals surface area contributed by atoms with Crippen molar-refractivity contribution >= 4 is 29.9 Å². The average molecular weight is 536 g/mol. The van der Waals surface area contributed by atoms with E-state index >= 15 is 0 Å². The van der Waals surface area contributed by atoms with Gasteiger partial charge in [-0.25, -0.2) is 4.99 Å². The smallest absolute Gasteiger partial charge is 0.191 e. The normalized spacial score (nSPS) is 11.4. The third-order valence-electron chi connectivity index (χ3n) is 4.27. The molecular formula is C22H41IN4O3. The first-order valence-corrected chi connectivity index (χ1v) is 10.6. The molecule has 0 unspecified atom stereocenters. The van der Waals surface area contributed by atoms with Crippen LogP contribution in [0.25, 0.3) is 0 Å². The Morgan fingerprint density at radius 3 is 2.53 bits per heavy atom. The van der Waals surface area contributed by atoms with Gasteiger partial charge in [-0.1, -0.05) is 24.3 Å². The Bertz CT molecular complexity index is 561. The third-order valence-corrected chi connectivity index (χ3v) is 4.27. The second-order valence-electron chi connectivity index (χ2n) is 6.84. The van der Waals surface area contributed by atoms with E-state index in [1.165, 1.54) is 5.56 Å². The van der Waals surface area contributed by atoms with Gasteiger partial charge in [-0.05, 0) is 38.4 Å². The number of nitrogens with zero attached hydrogens (tertiary/aromatic N) is 2. The summed E-state index contributed by atoms with van der Waals surface area (Å²) >= 11 is 0. The Morgan fingerprint density at radius 2 is 1.80 bits per heavy atom. The molecule has 0 aliphatic heterocycles. The van der Waals surface area contributed by atoms with Crippen LogP contribution in [0.3, 0.4) is 0 Å². The molecule has 174 valence electrons. The van der Waals surface area contributed by atoms with Crippen LogP contribution in [-0.2, 0) is 27.4 Å². The molecule has 0 spiro atoms. The van der Waals surface area contributed by atoms with Crippen LogP contribution in [0.2, 0.25) is 0 Å². The molecule has 0 heterocycles. The highest BCUT2D eigenvalue weighted by Gasteiger charge is 2.02. The lowest BCUT2D eigenvalue weighted by Gasteiger charge is -2.18. The van der Waals surface area contributed by atoms with Crippen LogP contribution in [0.4, 0.5) is 0 Å². The fraction of sp³-hybridized carbons (Fsp3) is 0.682. The first-order chi connectivity index (χ1) is 14.2. The van der Waals surface area contributed by atoms with Crippen LogP contribution in [0.5, 0.6) is 0 Å². The van der Waals surface area contributed by atoms with Gasteiger partial charge in [0, 0.05) is 46.5 Å². The topological polar surface area (TPSA) is 67.4 Å². The standard InChI is InChI=1S/C22H40N4O3.HI/c1-5-23-22(24-11-13-26(3)12-8-14-27-4)25-18-20-9-7-10-21(17-20)19-29-16-15-28-6-2;/h7,9-10,17H,5-6,8,11-16,18-19H2,1-4H3,(H2,23,24,25);1H. The van der Waals surface area contributed by atoms with E-state index in [0.717, 1.165) is 57.3 Å². The maximum atomic E-state index is 5.65. The van der Waals surface area contributed by atoms with Crippen molar-refractivity contribution in [2.75, 3.05) is 66.8 Å². The van der Waals surface area contributed by atoms with Crippen molar-refractivity contribution in [1.29, 1.82) is 0 Å². The number of rotatable bonds is 16. The van der Waals surface area contributed by atoms with Crippen LogP contribution in [-0.4, -0.2) is 77.6 Å². The number of ether oxygens (including phenoxy) is 3. The van der Waals surface area contributed by atoms with Crippen molar-refractivity contribution in [3.63, 3.8) is 0 Å². The molecule has 7 nitrogen and oxygen atoms in total. The molecule has 30 heavy (non-hydrogen) atoms. The Kier molecular flexibility index (Phi) is 19.4. The Balaban J connectivity index is 0.00000841. The van der Waals surface area contributed by atoms with E-state index in [1.54, 1.807) is 7.11 Å². The monoisotopic (exact) mass is 536 g/mol. The minimum atomic E-state index is 0. The summed E-state index contributed by atoms with van der Waals surface area (Å²) in [6.45, 7) is 11.8. The molecule has 1 aromatic carbocycles. The predicted molar refractivity (Wildman–Crippen MR) is 135 cm³/mol. The number of hydrogen-bond acceptors (Lipinski definition) is 5. The highest BCUT2D eigenvalue weighted by atomic mass is 127. The van der Waals surface area contributed by atoms with Gasteiger partial charge < -0.3 is 29.7 Å². The summed E-state index contributed by atoms with van der Waals surface area (Å²) in [5.41, 5.74) is 2.33. The van der Waals surface area contributed by atoms with Crippen molar-refractivity contribution in [2.45, 2.75) is 33.4 Å². The minimum Gasteiger partial charge on any atom is -0.385 e. The van der Waals surface area contributed by atoms with E-state index in [9.17, 15) is 0 Å². The molecular weight excluding hydrogens is 495 g/mol. The van der Waals surface area contributed by atoms with E-state index in [1.807, 2.05) is 6.92 Å². The van der Waals surface area contributed by atoms with E-state index in [0.29, 0.717) is 26.4 Å². The molecule has 0 fully saturated rings. The summed E-state index contributed by atoms with van der Waals surface area (Å²) in [7, 11) is 3.87. The number of aliphatic imine (C=N–C) groups is 1. The third kappa shape index (κ3) is 15.0. The summed E-state index contributed by atoms with van der Waals surface area (Å²) in [4.78, 5) is 7.01. The van der Waals surface area contributed by atoms with Gasteiger partial charge in [0.2, 0.25) is 0 Å². The van der Waals surface area contributed by atoms with Crippen LogP contribution in [0.1, 0.15) is 31.4 Å². The van der Waals surface area contributed by atoms with E-state index < -0.39 is 0 Å². The molecule has 1 aromatic rings. The molecule has 0 aliphatic carbocycles. The Morgan fingerprint density at radius 1 is 1.03 bits per heavy atom. The fourth-order valence-corrected chi connectivity index (χ4v) is 2.74. The quantitative estimate of drug-likeness (QED) is 0.147. The molecule has 0 atom stereocenters. The van der Waals surface area contributed by atoms with Crippen molar-refractivity contribution in [2.24, 2.45) is 4.99 Å². The number of halogens is 1. The lowest BCUT2D eigenvalue weighted by Crippen LogP contribution is -2.41. The number of hydrogen-bond donors (Lipinski definition) is 2. The molecule has 0 saturated carbocycles. The number of methoxy groups -OCH3 is 1. The molecule has 2 N–H and O–H groups in total. The average Bonchev–Trinajstić information content (AvgIpc) is 2.72. The predicted octanol–water partition coefficient (Wildman–Crippen LogP) is 2.88. The second-order valence-corrected chi connectivity index (χ2v) is 6.84. The van der Waals surface area contributed by atoms with Crippen molar-refractivity contribution in [3.05, 3.63) is 35.4 Å². The van der Waals surface area contributed by atoms with Gasteiger partial charge in [0.25, 0.3) is 0 Å². The maximum absolute atomic E-state index is 5.65. The van der Waals surface area contributed by atoms with E-state index in [-0.39, 0.29) is 24.0 Å². The molecule has 0 bridgehead atoms. The van der Waals surface area contributed by atoms with Gasteiger partial charge in [-0.15, -0.1) is 24.0 Å². The summed E-state index contributed by atoms with van der Waals surface area (Å²) in [6.07, 6.45) is 1.05. The summed E-state index contributed by atoms with van der Waals surface area (Å²) in [5.74, 6) is 0.844. The molecule has 0 aliphatic rings. The lowest BCUT2D eigenvalue weighted by molar-refractivity contribution is 0.0453. The molecule has 0 amide bonds. The number of likely N-dealkylation sites (N-methyl/N-ethyl adjacent to an activating group) is 1. The van der Waals surface area contributed by atoms with Crippen LogP contribution >= 0.6 is 24.0 Å². The number of guanidine groups is 1. The Labute approximate surface area is 200 Å². The summed E-state index contributed by atoms with van der Waals surface area (Å²) in [5, 5.41) is 6.72. The second kappa shape index (κ2) is 20.0. The van der Waals surface area contributed by atoms with Gasteiger partial charge >= 0.3 is 0 Å². The highest BCUT2D eigenvalue weighted by Crippen LogP contribution is 2.08. The molecule has 8 heteroatoms. The van der Waals surface area contributed by atoms with Gasteiger partial charge in [-0.3, -0.25) is 0 Å². The first-order valence-electron chi connectivity index (χ1n) is 10.6. The minimum absolute atomic E-state index is 0. The molecule has 1 rings (SSSR count). The SMILES string of the molecule is CCNC(=NCc1cccc(COCCOCC)c1)NCCN(C)CCCOC.I. The number of benzene rings is 1. The fourth-order valence-electron chi connectivity index (χ4n) is 2.74.